The van der Waals surface area contributed by atoms with Crippen molar-refractivity contribution in [2.24, 2.45) is 0 Å². The van der Waals surface area contributed by atoms with Crippen molar-refractivity contribution in [1.82, 2.24) is 20.2 Å². The van der Waals surface area contributed by atoms with Crippen molar-refractivity contribution >= 4 is 23.2 Å². The second-order valence-electron chi connectivity index (χ2n) is 5.72. The molecule has 0 spiro atoms. The molecule has 3 rings (SSSR count). The van der Waals surface area contributed by atoms with Gasteiger partial charge in [-0.25, -0.2) is 0 Å². The van der Waals surface area contributed by atoms with E-state index < -0.39 is 29.9 Å². The normalized spacial score (nSPS) is 11.4. The van der Waals surface area contributed by atoms with Crippen molar-refractivity contribution in [3.63, 3.8) is 0 Å². The van der Waals surface area contributed by atoms with Crippen molar-refractivity contribution in [3.05, 3.63) is 58.6 Å². The molecule has 0 saturated heterocycles. The number of nitrogens with zero attached hydrogens (tertiary/aromatic N) is 4. The van der Waals surface area contributed by atoms with Gasteiger partial charge in [0.15, 0.2) is 0 Å². The highest BCUT2D eigenvalue weighted by Gasteiger charge is 2.34. The number of aromatic nitrogens is 4. The molecular formula is C17H13ClF3N5O. The number of benzene rings is 2. The molecule has 1 amide bonds. The fraction of sp³-hybridized carbons (Fsp3) is 0.176. The lowest BCUT2D eigenvalue weighted by Gasteiger charge is -2.14. The average molecular weight is 396 g/mol. The van der Waals surface area contributed by atoms with Crippen molar-refractivity contribution in [2.45, 2.75) is 19.6 Å². The van der Waals surface area contributed by atoms with Gasteiger partial charge in [0.25, 0.3) is 0 Å². The zero-order valence-electron chi connectivity index (χ0n) is 14.0. The molecule has 1 heterocycles. The Morgan fingerprint density at radius 1 is 1.19 bits per heavy atom. The molecule has 6 nitrogen and oxygen atoms in total. The first-order valence-electron chi connectivity index (χ1n) is 7.74. The molecule has 1 N–H and O–H groups in total. The summed E-state index contributed by atoms with van der Waals surface area (Å²) in [6.07, 6.45) is -4.66. The van der Waals surface area contributed by atoms with Crippen LogP contribution in [0.4, 0.5) is 18.9 Å². The highest BCUT2D eigenvalue weighted by Crippen LogP contribution is 2.38. The Labute approximate surface area is 157 Å². The van der Waals surface area contributed by atoms with Crippen LogP contribution in [0.3, 0.4) is 0 Å². The van der Waals surface area contributed by atoms with E-state index in [2.05, 4.69) is 20.7 Å². The predicted octanol–water partition coefficient (Wildman–Crippen LogP) is 3.96. The average Bonchev–Trinajstić information content (AvgIpc) is 3.04. The van der Waals surface area contributed by atoms with E-state index in [1.54, 1.807) is 12.1 Å². The molecule has 2 aromatic carbocycles. The highest BCUT2D eigenvalue weighted by atomic mass is 35.5. The van der Waals surface area contributed by atoms with Crippen molar-refractivity contribution in [2.75, 3.05) is 5.32 Å². The fourth-order valence-corrected chi connectivity index (χ4v) is 2.54. The third kappa shape index (κ3) is 4.43. The Bertz CT molecular complexity index is 969. The van der Waals surface area contributed by atoms with Crippen LogP contribution in [0.25, 0.3) is 11.4 Å². The number of para-hydroxylation sites is 1. The van der Waals surface area contributed by atoms with Gasteiger partial charge < -0.3 is 5.32 Å². The summed E-state index contributed by atoms with van der Waals surface area (Å²) in [5.41, 5.74) is 0.231. The van der Waals surface area contributed by atoms with Crippen molar-refractivity contribution < 1.29 is 18.0 Å². The maximum absolute atomic E-state index is 13.1. The first-order valence-corrected chi connectivity index (χ1v) is 8.12. The molecule has 0 bridgehead atoms. The van der Waals surface area contributed by atoms with Gasteiger partial charge in [-0.2, -0.15) is 18.0 Å². The monoisotopic (exact) mass is 395 g/mol. The lowest BCUT2D eigenvalue weighted by molar-refractivity contribution is -0.137. The third-order valence-corrected chi connectivity index (χ3v) is 3.95. The van der Waals surface area contributed by atoms with E-state index in [1.807, 2.05) is 19.1 Å². The zero-order valence-corrected chi connectivity index (χ0v) is 14.7. The largest absolute Gasteiger partial charge is 0.418 e. The standard InChI is InChI=1S/C17H13ClF3N5O/c1-10-5-7-11(8-6-10)16-23-25-26(24-16)9-14(27)22-15-12(17(19,20)21)3-2-4-13(15)18/h2-8H,9H2,1H3,(H,22,27). The maximum atomic E-state index is 13.1. The van der Waals surface area contributed by atoms with Crippen LogP contribution in [-0.2, 0) is 17.5 Å². The number of anilines is 1. The Balaban J connectivity index is 1.75. The molecule has 0 aliphatic carbocycles. The Morgan fingerprint density at radius 3 is 2.56 bits per heavy atom. The maximum Gasteiger partial charge on any atom is 0.418 e. The molecular weight excluding hydrogens is 383 g/mol. The van der Waals surface area contributed by atoms with E-state index in [0.29, 0.717) is 11.4 Å². The van der Waals surface area contributed by atoms with Crippen molar-refractivity contribution in [3.8, 4) is 11.4 Å². The fourth-order valence-electron chi connectivity index (χ4n) is 2.32. The van der Waals surface area contributed by atoms with Crippen LogP contribution in [0.1, 0.15) is 11.1 Å². The van der Waals surface area contributed by atoms with Crippen LogP contribution >= 0.6 is 11.6 Å². The summed E-state index contributed by atoms with van der Waals surface area (Å²) in [5, 5.41) is 13.6. The van der Waals surface area contributed by atoms with Crippen LogP contribution in [0.5, 0.6) is 0 Å². The minimum Gasteiger partial charge on any atom is -0.323 e. The number of amides is 1. The van der Waals surface area contributed by atoms with E-state index >= 15 is 0 Å². The molecule has 0 radical (unpaired) electrons. The molecule has 0 aliphatic rings. The number of alkyl halides is 3. The number of rotatable bonds is 4. The predicted molar refractivity (Wildman–Crippen MR) is 93.1 cm³/mol. The first-order chi connectivity index (χ1) is 12.7. The quantitative estimate of drug-likeness (QED) is 0.725. The molecule has 0 unspecified atom stereocenters. The second kappa shape index (κ2) is 7.36. The van der Waals surface area contributed by atoms with Gasteiger partial charge in [-0.05, 0) is 24.3 Å². The highest BCUT2D eigenvalue weighted by molar-refractivity contribution is 6.34. The molecule has 3 aromatic rings. The van der Waals surface area contributed by atoms with Gasteiger partial charge in [-0.3, -0.25) is 4.79 Å². The summed E-state index contributed by atoms with van der Waals surface area (Å²) >= 11 is 5.81. The number of tetrazole rings is 1. The minimum atomic E-state index is -4.66. The van der Waals surface area contributed by atoms with E-state index in [-0.39, 0.29) is 5.02 Å². The summed E-state index contributed by atoms with van der Waals surface area (Å²) in [4.78, 5) is 13.1. The number of hydrogen-bond acceptors (Lipinski definition) is 4. The Kier molecular flexibility index (Phi) is 5.13. The molecule has 1 aromatic heterocycles. The number of aryl methyl sites for hydroxylation is 1. The molecule has 10 heteroatoms. The summed E-state index contributed by atoms with van der Waals surface area (Å²) in [6, 6.07) is 10.6. The molecule has 0 atom stereocenters. The smallest absolute Gasteiger partial charge is 0.323 e. The second-order valence-corrected chi connectivity index (χ2v) is 6.13. The zero-order chi connectivity index (χ0) is 19.6. The Hall–Kier alpha value is -2.94. The van der Waals surface area contributed by atoms with Crippen LogP contribution < -0.4 is 5.32 Å². The van der Waals surface area contributed by atoms with Gasteiger partial charge >= 0.3 is 6.18 Å². The molecule has 0 fully saturated rings. The molecule has 0 saturated carbocycles. The molecule has 0 aliphatic heterocycles. The lowest BCUT2D eigenvalue weighted by atomic mass is 10.1. The third-order valence-electron chi connectivity index (χ3n) is 3.63. The molecule has 27 heavy (non-hydrogen) atoms. The number of nitrogens with one attached hydrogen (secondary N) is 1. The van der Waals surface area contributed by atoms with Crippen LogP contribution in [0.2, 0.25) is 5.02 Å². The van der Waals surface area contributed by atoms with Gasteiger partial charge in [0.2, 0.25) is 11.7 Å². The van der Waals surface area contributed by atoms with Gasteiger partial charge in [-0.15, -0.1) is 10.2 Å². The lowest BCUT2D eigenvalue weighted by Crippen LogP contribution is -2.22. The van der Waals surface area contributed by atoms with Crippen LogP contribution in [0.15, 0.2) is 42.5 Å². The number of carbonyl (C=O) groups excluding carboxylic acids is 1. The summed E-state index contributed by atoms with van der Waals surface area (Å²) in [5.74, 6) is -0.460. The van der Waals surface area contributed by atoms with E-state index in [1.165, 1.54) is 6.07 Å². The number of carbonyl (C=O) groups is 1. The van der Waals surface area contributed by atoms with Crippen molar-refractivity contribution in [1.29, 1.82) is 0 Å². The van der Waals surface area contributed by atoms with E-state index in [0.717, 1.165) is 22.5 Å². The van der Waals surface area contributed by atoms with Gasteiger partial charge in [0.05, 0.1) is 16.3 Å². The number of halogens is 4. The van der Waals surface area contributed by atoms with Crippen LogP contribution in [0, 0.1) is 6.92 Å². The summed E-state index contributed by atoms with van der Waals surface area (Å²) in [7, 11) is 0. The Morgan fingerprint density at radius 2 is 1.89 bits per heavy atom. The van der Waals surface area contributed by atoms with Crippen LogP contribution in [-0.4, -0.2) is 26.1 Å². The summed E-state index contributed by atoms with van der Waals surface area (Å²) < 4.78 is 39.2. The van der Waals surface area contributed by atoms with E-state index in [4.69, 9.17) is 11.6 Å². The SMILES string of the molecule is Cc1ccc(-c2nnn(CC(=O)Nc3c(Cl)cccc3C(F)(F)F)n2)cc1. The van der Waals surface area contributed by atoms with Gasteiger partial charge in [-0.1, -0.05) is 47.5 Å². The van der Waals surface area contributed by atoms with Gasteiger partial charge in [0, 0.05) is 5.56 Å². The first kappa shape index (κ1) is 18.8. The van der Waals surface area contributed by atoms with E-state index in [9.17, 15) is 18.0 Å². The topological polar surface area (TPSA) is 72.7 Å². The van der Waals surface area contributed by atoms with Gasteiger partial charge in [0.1, 0.15) is 6.54 Å². The number of hydrogen-bond donors (Lipinski definition) is 1. The summed E-state index contributed by atoms with van der Waals surface area (Å²) in [6.45, 7) is 1.52. The molecule has 140 valence electrons. The minimum absolute atomic E-state index is 0.218.